The third kappa shape index (κ3) is 6.50. The van der Waals surface area contributed by atoms with Crippen molar-refractivity contribution in [3.05, 3.63) is 108 Å². The molecule has 5 atom stereocenters. The summed E-state index contributed by atoms with van der Waals surface area (Å²) in [5, 5.41) is 20.3. The van der Waals surface area contributed by atoms with Crippen molar-refractivity contribution in [1.82, 2.24) is 0 Å². The van der Waals surface area contributed by atoms with Gasteiger partial charge in [0.25, 0.3) is 0 Å². The first kappa shape index (κ1) is 23.6. The van der Waals surface area contributed by atoms with E-state index in [4.69, 9.17) is 14.2 Å². The van der Waals surface area contributed by atoms with Gasteiger partial charge in [0, 0.05) is 5.92 Å². The molecule has 1 aliphatic rings. The molecule has 174 valence electrons. The second-order valence-corrected chi connectivity index (χ2v) is 8.51. The van der Waals surface area contributed by atoms with E-state index in [1.807, 2.05) is 91.0 Å². The molecular weight excluding hydrogens is 416 g/mol. The van der Waals surface area contributed by atoms with Crippen molar-refractivity contribution in [2.24, 2.45) is 5.92 Å². The minimum Gasteiger partial charge on any atom is -0.394 e. The van der Waals surface area contributed by atoms with Crippen molar-refractivity contribution in [3.63, 3.8) is 0 Å². The maximum absolute atomic E-state index is 10.6. The first-order valence-electron chi connectivity index (χ1n) is 11.5. The largest absolute Gasteiger partial charge is 0.394 e. The summed E-state index contributed by atoms with van der Waals surface area (Å²) >= 11 is 0. The third-order valence-corrected chi connectivity index (χ3v) is 6.18. The fourth-order valence-corrected chi connectivity index (χ4v) is 4.40. The Balaban J connectivity index is 1.51. The van der Waals surface area contributed by atoms with Crippen LogP contribution in [0.15, 0.2) is 91.0 Å². The van der Waals surface area contributed by atoms with Crippen molar-refractivity contribution in [2.75, 3.05) is 6.61 Å². The molecule has 1 saturated carbocycles. The zero-order valence-corrected chi connectivity index (χ0v) is 18.7. The van der Waals surface area contributed by atoms with Gasteiger partial charge >= 0.3 is 0 Å². The lowest BCUT2D eigenvalue weighted by Crippen LogP contribution is -2.40. The van der Waals surface area contributed by atoms with Crippen LogP contribution in [-0.2, 0) is 34.0 Å². The number of aliphatic hydroxyl groups excluding tert-OH is 2. The fraction of sp³-hybridized carbons (Fsp3) is 0.357. The number of hydrogen-bond donors (Lipinski definition) is 2. The molecule has 1 fully saturated rings. The molecule has 0 aliphatic heterocycles. The van der Waals surface area contributed by atoms with Crippen molar-refractivity contribution in [3.8, 4) is 0 Å². The highest BCUT2D eigenvalue weighted by Crippen LogP contribution is 2.37. The molecule has 5 heteroatoms. The SMILES string of the molecule is OC[C@@H](O)[C@H]1C[C@@H](OCc2ccccc2)[C@H](OCc2ccccc2)[C@@H]1OCc1ccccc1. The van der Waals surface area contributed by atoms with Crippen LogP contribution in [0.1, 0.15) is 23.1 Å². The number of benzene rings is 3. The molecule has 4 rings (SSSR count). The summed E-state index contributed by atoms with van der Waals surface area (Å²) in [6.07, 6.45) is -1.39. The number of rotatable bonds is 11. The molecule has 1 aliphatic carbocycles. The van der Waals surface area contributed by atoms with E-state index in [2.05, 4.69) is 0 Å². The van der Waals surface area contributed by atoms with Gasteiger partial charge in [0.2, 0.25) is 0 Å². The van der Waals surface area contributed by atoms with Crippen LogP contribution in [0, 0.1) is 5.92 Å². The molecule has 2 N–H and O–H groups in total. The quantitative estimate of drug-likeness (QED) is 0.462. The Kier molecular flexibility index (Phi) is 8.64. The molecule has 0 radical (unpaired) electrons. The standard InChI is InChI=1S/C28H32O5/c29-17-25(30)24-16-26(31-18-21-10-4-1-5-11-21)28(33-20-23-14-8-3-9-15-23)27(24)32-19-22-12-6-2-7-13-22/h1-15,24-30H,16-20H2/t24-,25-,26-,27-,28+/m1/s1. The summed E-state index contributed by atoms with van der Waals surface area (Å²) in [5.74, 6) is -0.291. The minimum absolute atomic E-state index is 0.263. The lowest BCUT2D eigenvalue weighted by molar-refractivity contribution is -0.134. The number of hydrogen-bond acceptors (Lipinski definition) is 5. The van der Waals surface area contributed by atoms with Gasteiger partial charge in [-0.15, -0.1) is 0 Å². The van der Waals surface area contributed by atoms with Crippen molar-refractivity contribution < 1.29 is 24.4 Å². The third-order valence-electron chi connectivity index (χ3n) is 6.18. The second kappa shape index (κ2) is 12.1. The molecule has 0 spiro atoms. The van der Waals surface area contributed by atoms with Crippen molar-refractivity contribution >= 4 is 0 Å². The molecule has 0 amide bonds. The van der Waals surface area contributed by atoms with Crippen molar-refractivity contribution in [1.29, 1.82) is 0 Å². The predicted octanol–water partition coefficient (Wildman–Crippen LogP) is 4.12. The van der Waals surface area contributed by atoms with Gasteiger partial charge in [0.1, 0.15) is 6.10 Å². The maximum Gasteiger partial charge on any atom is 0.111 e. The van der Waals surface area contributed by atoms with Gasteiger partial charge in [0.05, 0.1) is 44.7 Å². The van der Waals surface area contributed by atoms with E-state index >= 15 is 0 Å². The Labute approximate surface area is 195 Å². The zero-order valence-electron chi connectivity index (χ0n) is 18.7. The summed E-state index contributed by atoms with van der Waals surface area (Å²) in [7, 11) is 0. The average Bonchev–Trinajstić information content (AvgIpc) is 3.23. The first-order valence-corrected chi connectivity index (χ1v) is 11.5. The summed E-state index contributed by atoms with van der Waals surface area (Å²) in [5.41, 5.74) is 3.18. The Hall–Kier alpha value is -2.54. The van der Waals surface area contributed by atoms with Crippen LogP contribution in [0.2, 0.25) is 0 Å². The summed E-state index contributed by atoms with van der Waals surface area (Å²) in [6, 6.07) is 29.9. The molecule has 3 aromatic carbocycles. The highest BCUT2D eigenvalue weighted by atomic mass is 16.6. The molecule has 0 heterocycles. The topological polar surface area (TPSA) is 68.2 Å². The van der Waals surface area contributed by atoms with Gasteiger partial charge in [-0.05, 0) is 23.1 Å². The highest BCUT2D eigenvalue weighted by molar-refractivity contribution is 5.16. The summed E-state index contributed by atoms with van der Waals surface area (Å²) in [4.78, 5) is 0. The van der Waals surface area contributed by atoms with Gasteiger partial charge in [-0.25, -0.2) is 0 Å². The van der Waals surface area contributed by atoms with Gasteiger partial charge in [-0.1, -0.05) is 91.0 Å². The summed E-state index contributed by atoms with van der Waals surface area (Å²) in [6.45, 7) is 0.942. The first-order chi connectivity index (χ1) is 16.2. The predicted molar refractivity (Wildman–Crippen MR) is 126 cm³/mol. The molecule has 0 saturated heterocycles. The number of ether oxygens (including phenoxy) is 3. The number of aliphatic hydroxyl groups is 2. The van der Waals surface area contributed by atoms with Crippen LogP contribution in [0.25, 0.3) is 0 Å². The fourth-order valence-electron chi connectivity index (χ4n) is 4.40. The summed E-state index contributed by atoms with van der Waals surface area (Å²) < 4.78 is 19.0. The molecular formula is C28H32O5. The smallest absolute Gasteiger partial charge is 0.111 e. The molecule has 0 bridgehead atoms. The Morgan fingerprint density at radius 2 is 1.06 bits per heavy atom. The monoisotopic (exact) mass is 448 g/mol. The van der Waals surface area contributed by atoms with Gasteiger partial charge in [-0.2, -0.15) is 0 Å². The van der Waals surface area contributed by atoms with Gasteiger partial charge in [0.15, 0.2) is 0 Å². The molecule has 33 heavy (non-hydrogen) atoms. The normalized spacial score (nSPS) is 23.5. The van der Waals surface area contributed by atoms with E-state index in [0.717, 1.165) is 16.7 Å². The zero-order chi connectivity index (χ0) is 22.9. The molecule has 0 unspecified atom stereocenters. The van der Waals surface area contributed by atoms with E-state index in [1.165, 1.54) is 0 Å². The van der Waals surface area contributed by atoms with E-state index < -0.39 is 12.2 Å². The van der Waals surface area contributed by atoms with Crippen LogP contribution in [0.4, 0.5) is 0 Å². The highest BCUT2D eigenvalue weighted by Gasteiger charge is 2.48. The molecule has 5 nitrogen and oxygen atoms in total. The Morgan fingerprint density at radius 1 is 0.636 bits per heavy atom. The maximum atomic E-state index is 10.6. The van der Waals surface area contributed by atoms with E-state index in [1.54, 1.807) is 0 Å². The molecule has 0 aromatic heterocycles. The lowest BCUT2D eigenvalue weighted by atomic mass is 9.98. The van der Waals surface area contributed by atoms with Crippen LogP contribution < -0.4 is 0 Å². The van der Waals surface area contributed by atoms with Crippen LogP contribution in [-0.4, -0.2) is 41.2 Å². The van der Waals surface area contributed by atoms with Crippen molar-refractivity contribution in [2.45, 2.75) is 50.7 Å². The lowest BCUT2D eigenvalue weighted by Gasteiger charge is -2.29. The minimum atomic E-state index is -0.904. The van der Waals surface area contributed by atoms with Crippen LogP contribution in [0.5, 0.6) is 0 Å². The van der Waals surface area contributed by atoms with E-state index in [0.29, 0.717) is 26.2 Å². The van der Waals surface area contributed by atoms with Crippen LogP contribution in [0.3, 0.4) is 0 Å². The van der Waals surface area contributed by atoms with Gasteiger partial charge in [-0.3, -0.25) is 0 Å². The van der Waals surface area contributed by atoms with Gasteiger partial charge < -0.3 is 24.4 Å². The average molecular weight is 449 g/mol. The van der Waals surface area contributed by atoms with E-state index in [-0.39, 0.29) is 24.7 Å². The second-order valence-electron chi connectivity index (χ2n) is 8.51. The van der Waals surface area contributed by atoms with E-state index in [9.17, 15) is 10.2 Å². The molecule has 3 aromatic rings. The van der Waals surface area contributed by atoms with Crippen LogP contribution >= 0.6 is 0 Å². The Morgan fingerprint density at radius 3 is 1.52 bits per heavy atom. The Bertz CT molecular complexity index is 934.